The predicted molar refractivity (Wildman–Crippen MR) is 113 cm³/mol. The van der Waals surface area contributed by atoms with E-state index in [1.165, 1.54) is 11.8 Å². The molecule has 3 rings (SSSR count). The minimum Gasteiger partial charge on any atom is -0.383 e. The molecule has 1 unspecified atom stereocenters. The van der Waals surface area contributed by atoms with Gasteiger partial charge in [0.05, 0.1) is 18.8 Å². The van der Waals surface area contributed by atoms with Gasteiger partial charge in [0.25, 0.3) is 0 Å². The molecule has 6 nitrogen and oxygen atoms in total. The smallest absolute Gasteiger partial charge is 0.242 e. The molecule has 8 heteroatoms. The number of amides is 2. The van der Waals surface area contributed by atoms with E-state index in [1.54, 1.807) is 48.4 Å². The summed E-state index contributed by atoms with van der Waals surface area (Å²) in [5, 5.41) is 3.47. The van der Waals surface area contributed by atoms with Crippen LogP contribution in [0.1, 0.15) is 6.42 Å². The van der Waals surface area contributed by atoms with Gasteiger partial charge in [0, 0.05) is 24.2 Å². The summed E-state index contributed by atoms with van der Waals surface area (Å²) in [6, 6.07) is 16.2. The Morgan fingerprint density at radius 1 is 1.21 bits per heavy atom. The number of amidine groups is 1. The standard InChI is InChI=1S/C20H20ClN3O3S/c1-27-12-11-24-19(26)17(13-18(25)22-15-5-3-2-4-6-15)28-20(24)23-16-9-7-14(21)8-10-16/h2-10,17H,11-13H2,1H3,(H,22,25). The number of nitrogens with one attached hydrogen (secondary N) is 1. The lowest BCUT2D eigenvalue weighted by Gasteiger charge is -2.15. The average molecular weight is 418 g/mol. The SMILES string of the molecule is COCCN1C(=O)C(CC(=O)Nc2ccccc2)SC1=Nc1ccc(Cl)cc1. The molecule has 0 radical (unpaired) electrons. The van der Waals surface area contributed by atoms with Crippen LogP contribution >= 0.6 is 23.4 Å². The maximum Gasteiger partial charge on any atom is 0.242 e. The van der Waals surface area contributed by atoms with Crippen LogP contribution in [0, 0.1) is 0 Å². The van der Waals surface area contributed by atoms with Crippen LogP contribution in [0.5, 0.6) is 0 Å². The van der Waals surface area contributed by atoms with Crippen LogP contribution in [0.2, 0.25) is 5.02 Å². The molecule has 1 fully saturated rings. The number of halogens is 1. The van der Waals surface area contributed by atoms with E-state index in [4.69, 9.17) is 16.3 Å². The van der Waals surface area contributed by atoms with Gasteiger partial charge in [0.15, 0.2) is 5.17 Å². The highest BCUT2D eigenvalue weighted by atomic mass is 35.5. The number of hydrogen-bond donors (Lipinski definition) is 1. The summed E-state index contributed by atoms with van der Waals surface area (Å²) in [7, 11) is 1.58. The van der Waals surface area contributed by atoms with Crippen LogP contribution in [-0.4, -0.2) is 47.4 Å². The Balaban J connectivity index is 1.73. The summed E-state index contributed by atoms with van der Waals surface area (Å²) in [6.07, 6.45) is 0.0709. The van der Waals surface area contributed by atoms with Crippen molar-refractivity contribution in [3.05, 3.63) is 59.6 Å². The molecule has 1 saturated heterocycles. The molecule has 0 aromatic heterocycles. The molecule has 1 atom stereocenters. The molecule has 2 aromatic rings. The number of nitrogens with zero attached hydrogens (tertiary/aromatic N) is 2. The average Bonchev–Trinajstić information content (AvgIpc) is 2.97. The lowest BCUT2D eigenvalue weighted by molar-refractivity contribution is -0.128. The van der Waals surface area contributed by atoms with Crippen molar-refractivity contribution in [3.8, 4) is 0 Å². The van der Waals surface area contributed by atoms with Crippen LogP contribution < -0.4 is 5.32 Å². The Bertz CT molecular complexity index is 859. The normalized spacial score (nSPS) is 17.9. The summed E-state index contributed by atoms with van der Waals surface area (Å²) in [6.45, 7) is 0.764. The molecule has 1 N–H and O–H groups in total. The topological polar surface area (TPSA) is 71.0 Å². The van der Waals surface area contributed by atoms with Crippen molar-refractivity contribution < 1.29 is 14.3 Å². The van der Waals surface area contributed by atoms with E-state index < -0.39 is 5.25 Å². The number of carbonyl (C=O) groups excluding carboxylic acids is 2. The second-order valence-corrected chi connectivity index (χ2v) is 7.68. The first kappa shape index (κ1) is 20.4. The summed E-state index contributed by atoms with van der Waals surface area (Å²) >= 11 is 7.21. The van der Waals surface area contributed by atoms with E-state index in [9.17, 15) is 9.59 Å². The maximum absolute atomic E-state index is 12.8. The van der Waals surface area contributed by atoms with Gasteiger partial charge in [-0.1, -0.05) is 41.6 Å². The number of carbonyl (C=O) groups is 2. The minimum atomic E-state index is -0.522. The Kier molecular flexibility index (Phi) is 7.08. The number of ether oxygens (including phenoxy) is 1. The fourth-order valence-corrected chi connectivity index (χ4v) is 3.95. The molecule has 0 aliphatic carbocycles. The fraction of sp³-hybridized carbons (Fsp3) is 0.250. The van der Waals surface area contributed by atoms with Crippen molar-refractivity contribution in [1.29, 1.82) is 0 Å². The molecule has 1 heterocycles. The lowest BCUT2D eigenvalue weighted by atomic mass is 10.2. The van der Waals surface area contributed by atoms with Crippen molar-refractivity contribution in [2.75, 3.05) is 25.6 Å². The number of hydrogen-bond acceptors (Lipinski definition) is 5. The highest BCUT2D eigenvalue weighted by Gasteiger charge is 2.38. The van der Waals surface area contributed by atoms with E-state index in [0.717, 1.165) is 0 Å². The van der Waals surface area contributed by atoms with Gasteiger partial charge in [-0.25, -0.2) is 4.99 Å². The zero-order valence-electron chi connectivity index (χ0n) is 15.3. The number of benzene rings is 2. The highest BCUT2D eigenvalue weighted by molar-refractivity contribution is 8.15. The molecule has 0 saturated carbocycles. The number of para-hydroxylation sites is 1. The molecule has 28 heavy (non-hydrogen) atoms. The number of rotatable bonds is 7. The van der Waals surface area contributed by atoms with Gasteiger partial charge in [-0.3, -0.25) is 14.5 Å². The zero-order chi connectivity index (χ0) is 19.9. The third kappa shape index (κ3) is 5.34. The van der Waals surface area contributed by atoms with Gasteiger partial charge in [0.2, 0.25) is 11.8 Å². The van der Waals surface area contributed by atoms with Crippen LogP contribution in [-0.2, 0) is 14.3 Å². The number of anilines is 1. The molecule has 146 valence electrons. The van der Waals surface area contributed by atoms with Crippen LogP contribution in [0.4, 0.5) is 11.4 Å². The molecular formula is C20H20ClN3O3S. The summed E-state index contributed by atoms with van der Waals surface area (Å²) in [5.41, 5.74) is 1.39. The lowest BCUT2D eigenvalue weighted by Crippen LogP contribution is -2.35. The number of thioether (sulfide) groups is 1. The first-order chi connectivity index (χ1) is 13.6. The van der Waals surface area contributed by atoms with Gasteiger partial charge in [-0.15, -0.1) is 0 Å². The first-order valence-electron chi connectivity index (χ1n) is 8.73. The van der Waals surface area contributed by atoms with Gasteiger partial charge in [0.1, 0.15) is 5.25 Å². The molecular weight excluding hydrogens is 398 g/mol. The van der Waals surface area contributed by atoms with Crippen molar-refractivity contribution in [3.63, 3.8) is 0 Å². The van der Waals surface area contributed by atoms with Crippen molar-refractivity contribution in [2.45, 2.75) is 11.7 Å². The summed E-state index contributed by atoms with van der Waals surface area (Å²) in [4.78, 5) is 31.3. The number of aliphatic imine (C=N–C) groups is 1. The van der Waals surface area contributed by atoms with Crippen LogP contribution in [0.15, 0.2) is 59.6 Å². The van der Waals surface area contributed by atoms with Crippen molar-refractivity contribution in [2.24, 2.45) is 4.99 Å². The summed E-state index contributed by atoms with van der Waals surface area (Å²) < 4.78 is 5.11. The predicted octanol–water partition coefficient (Wildman–Crippen LogP) is 3.95. The Labute approximate surface area is 172 Å². The van der Waals surface area contributed by atoms with Crippen LogP contribution in [0.3, 0.4) is 0 Å². The first-order valence-corrected chi connectivity index (χ1v) is 9.98. The van der Waals surface area contributed by atoms with Gasteiger partial charge >= 0.3 is 0 Å². The van der Waals surface area contributed by atoms with Crippen molar-refractivity contribution >= 4 is 51.7 Å². The maximum atomic E-state index is 12.8. The number of methoxy groups -OCH3 is 1. The van der Waals surface area contributed by atoms with E-state index in [0.29, 0.717) is 34.7 Å². The minimum absolute atomic E-state index is 0.0709. The monoisotopic (exact) mass is 417 g/mol. The third-order valence-corrected chi connectivity index (χ3v) is 5.45. The second kappa shape index (κ2) is 9.73. The van der Waals surface area contributed by atoms with E-state index in [1.807, 2.05) is 18.2 Å². The molecule has 2 aromatic carbocycles. The Morgan fingerprint density at radius 2 is 1.93 bits per heavy atom. The largest absolute Gasteiger partial charge is 0.383 e. The molecule has 0 spiro atoms. The molecule has 1 aliphatic rings. The molecule has 0 bridgehead atoms. The molecule has 1 aliphatic heterocycles. The van der Waals surface area contributed by atoms with E-state index >= 15 is 0 Å². The van der Waals surface area contributed by atoms with Gasteiger partial charge in [-0.2, -0.15) is 0 Å². The van der Waals surface area contributed by atoms with Gasteiger partial charge in [-0.05, 0) is 36.4 Å². The second-order valence-electron chi connectivity index (χ2n) is 6.08. The quantitative estimate of drug-likeness (QED) is 0.740. The van der Waals surface area contributed by atoms with Crippen LogP contribution in [0.25, 0.3) is 0 Å². The van der Waals surface area contributed by atoms with Gasteiger partial charge < -0.3 is 10.1 Å². The van der Waals surface area contributed by atoms with Crippen molar-refractivity contribution in [1.82, 2.24) is 4.90 Å². The third-order valence-electron chi connectivity index (χ3n) is 4.02. The summed E-state index contributed by atoms with van der Waals surface area (Å²) in [5.74, 6) is -0.352. The zero-order valence-corrected chi connectivity index (χ0v) is 16.9. The fourth-order valence-electron chi connectivity index (χ4n) is 2.64. The highest BCUT2D eigenvalue weighted by Crippen LogP contribution is 2.32. The Hall–Kier alpha value is -2.35. The molecule has 2 amide bonds. The Morgan fingerprint density at radius 3 is 2.61 bits per heavy atom. The van der Waals surface area contributed by atoms with E-state index in [2.05, 4.69) is 10.3 Å². The van der Waals surface area contributed by atoms with E-state index in [-0.39, 0.29) is 18.2 Å².